The molecule has 1 radical (unpaired) electrons. The Morgan fingerprint density at radius 3 is 2.14 bits per heavy atom. The number of aliphatic hydroxyl groups excluding tert-OH is 1. The van der Waals surface area contributed by atoms with Gasteiger partial charge in [0.2, 0.25) is 0 Å². The molecule has 0 unspecified atom stereocenters. The number of hydrogen-bond donors (Lipinski definition) is 1. The van der Waals surface area contributed by atoms with Crippen LogP contribution in [0.25, 0.3) is 21.0 Å². The van der Waals surface area contributed by atoms with Gasteiger partial charge in [-0.15, -0.1) is 0 Å². The zero-order valence-electron chi connectivity index (χ0n) is 23.5. The van der Waals surface area contributed by atoms with E-state index < -0.39 is 5.41 Å². The molecular weight excluding hydrogens is 690 g/mol. The first-order valence-corrected chi connectivity index (χ1v) is 14.3. The van der Waals surface area contributed by atoms with Crippen molar-refractivity contribution >= 4 is 30.1 Å². The van der Waals surface area contributed by atoms with Gasteiger partial charge >= 0.3 is 139 Å². The zero-order chi connectivity index (χ0) is 26.6. The van der Waals surface area contributed by atoms with Crippen LogP contribution in [-0.4, -0.2) is 30.4 Å². The first kappa shape index (κ1) is 32.5. The summed E-state index contributed by atoms with van der Waals surface area (Å²) in [4.78, 5) is 18.6. The van der Waals surface area contributed by atoms with Crippen LogP contribution >= 0.6 is 0 Å². The van der Waals surface area contributed by atoms with Gasteiger partial charge in [-0.3, -0.25) is 4.79 Å². The van der Waals surface area contributed by atoms with E-state index in [1.54, 1.807) is 0 Å². The number of fused-ring (bicyclic) bond motifs is 1. The molecule has 0 saturated heterocycles. The minimum absolute atomic E-state index is 0. The standard InChI is InChI=1S/C20H22NSe.C11H20O2.Ir/c1-5-20(4,6-2)17-12-14(3)11-16(13-17)18-8-7-15-9-10-22-19(15)21-18;1-10(2,3)8(12)7-9(13)11(4,5)6;/h7-10,12-13H,5-6H2,1-4H3;7,12H,1-6H3;/q-1;;/b;8-7-;. The number of aromatic nitrogens is 1. The van der Waals surface area contributed by atoms with E-state index in [1.807, 2.05) is 41.5 Å². The number of rotatable bonds is 5. The van der Waals surface area contributed by atoms with Gasteiger partial charge in [-0.05, 0) is 0 Å². The molecule has 0 atom stereocenters. The summed E-state index contributed by atoms with van der Waals surface area (Å²) in [6.07, 6.45) is 3.63. The van der Waals surface area contributed by atoms with Crippen molar-refractivity contribution < 1.29 is 30.0 Å². The number of pyridine rings is 1. The van der Waals surface area contributed by atoms with Gasteiger partial charge in [0.15, 0.2) is 5.78 Å². The third-order valence-corrected chi connectivity index (χ3v) is 8.36. The number of ketones is 1. The van der Waals surface area contributed by atoms with Crippen molar-refractivity contribution in [2.24, 2.45) is 10.8 Å². The molecule has 2 aromatic heterocycles. The number of carbonyl (C=O) groups is 1. The van der Waals surface area contributed by atoms with Crippen LogP contribution in [0.2, 0.25) is 0 Å². The Hall–Kier alpha value is -1.51. The Kier molecular flexibility index (Phi) is 11.6. The summed E-state index contributed by atoms with van der Waals surface area (Å²) >= 11 is 0.388. The summed E-state index contributed by atoms with van der Waals surface area (Å²) < 4.78 is 1.25. The molecule has 3 nitrogen and oxygen atoms in total. The average molecular weight is 732 g/mol. The Bertz CT molecular complexity index is 1190. The summed E-state index contributed by atoms with van der Waals surface area (Å²) in [5, 5.41) is 10.8. The van der Waals surface area contributed by atoms with Gasteiger partial charge in [0.25, 0.3) is 0 Å². The Labute approximate surface area is 237 Å². The van der Waals surface area contributed by atoms with Crippen LogP contribution in [0.5, 0.6) is 0 Å². The molecule has 1 aromatic carbocycles. The SMILES string of the molecule is CC(C)(C)C(=O)/C=C(\O)C(C)(C)C.CCC(C)(CC)c1cc(C)[c-]c(-c2ccc3cc[se]c3n2)c1.[Ir]. The molecule has 0 bridgehead atoms. The second-order valence-corrected chi connectivity index (χ2v) is 13.5. The molecule has 0 aliphatic heterocycles. The van der Waals surface area contributed by atoms with Gasteiger partial charge in [0, 0.05) is 37.0 Å². The molecule has 199 valence electrons. The van der Waals surface area contributed by atoms with Gasteiger partial charge in [-0.25, -0.2) is 0 Å². The molecule has 2 heterocycles. The molecule has 0 spiro atoms. The van der Waals surface area contributed by atoms with Crippen LogP contribution in [0, 0.1) is 23.8 Å². The molecule has 0 fully saturated rings. The second kappa shape index (κ2) is 12.8. The average Bonchev–Trinajstić information content (AvgIpc) is 3.25. The van der Waals surface area contributed by atoms with Gasteiger partial charge in [-0.1, -0.05) is 41.5 Å². The number of aliphatic hydroxyl groups is 1. The van der Waals surface area contributed by atoms with E-state index >= 15 is 0 Å². The maximum atomic E-state index is 11.5. The first-order valence-electron chi connectivity index (χ1n) is 12.5. The van der Waals surface area contributed by atoms with Crippen LogP contribution < -0.4 is 0 Å². The summed E-state index contributed by atoms with van der Waals surface area (Å²) in [6.45, 7) is 20.2. The Morgan fingerprint density at radius 2 is 1.61 bits per heavy atom. The fourth-order valence-electron chi connectivity index (χ4n) is 3.41. The maximum absolute atomic E-state index is 11.5. The van der Waals surface area contributed by atoms with Gasteiger partial charge in [-0.2, -0.15) is 0 Å². The molecule has 5 heteroatoms. The van der Waals surface area contributed by atoms with Crippen molar-refractivity contribution in [2.75, 3.05) is 0 Å². The number of allylic oxidation sites excluding steroid dienone is 2. The predicted octanol–water partition coefficient (Wildman–Crippen LogP) is 8.23. The predicted molar refractivity (Wildman–Crippen MR) is 150 cm³/mol. The molecular formula is C31H42IrNO2Se-. The number of hydrogen-bond acceptors (Lipinski definition) is 3. The fourth-order valence-corrected chi connectivity index (χ4v) is 5.02. The maximum Gasteiger partial charge on any atom is 0 e. The first-order chi connectivity index (χ1) is 16.1. The third kappa shape index (κ3) is 8.52. The summed E-state index contributed by atoms with van der Waals surface area (Å²) in [6, 6.07) is 14.6. The smallest absolute Gasteiger partial charge is 0 e. The van der Waals surface area contributed by atoms with Crippen molar-refractivity contribution in [3.63, 3.8) is 0 Å². The minimum atomic E-state index is -0.417. The van der Waals surface area contributed by atoms with Gasteiger partial charge < -0.3 is 5.11 Å². The van der Waals surface area contributed by atoms with Crippen LogP contribution in [0.15, 0.2) is 47.1 Å². The monoisotopic (exact) mass is 733 g/mol. The number of carbonyl (C=O) groups excluding carboxylic acids is 1. The molecule has 0 aliphatic rings. The molecule has 36 heavy (non-hydrogen) atoms. The number of benzene rings is 1. The van der Waals surface area contributed by atoms with Gasteiger partial charge in [0.05, 0.1) is 0 Å². The molecule has 0 amide bonds. The molecule has 1 N–H and O–H groups in total. The Morgan fingerprint density at radius 1 is 1.00 bits per heavy atom. The number of aryl methyl sites for hydroxylation is 1. The second-order valence-electron chi connectivity index (χ2n) is 11.6. The van der Waals surface area contributed by atoms with E-state index in [1.165, 1.54) is 27.0 Å². The zero-order valence-corrected chi connectivity index (χ0v) is 27.6. The normalized spacial score (nSPS) is 12.6. The van der Waals surface area contributed by atoms with Crippen LogP contribution in [0.3, 0.4) is 0 Å². The van der Waals surface area contributed by atoms with Crippen LogP contribution in [0.4, 0.5) is 0 Å². The van der Waals surface area contributed by atoms with Crippen molar-refractivity contribution in [2.45, 2.75) is 87.5 Å². The third-order valence-electron chi connectivity index (χ3n) is 6.63. The van der Waals surface area contributed by atoms with E-state index in [-0.39, 0.29) is 42.5 Å². The van der Waals surface area contributed by atoms with Gasteiger partial charge in [0.1, 0.15) is 5.76 Å². The summed E-state index contributed by atoms with van der Waals surface area (Å²) in [7, 11) is 0. The topological polar surface area (TPSA) is 50.2 Å². The molecule has 0 aliphatic carbocycles. The van der Waals surface area contributed by atoms with Crippen LogP contribution in [0.1, 0.15) is 86.3 Å². The minimum Gasteiger partial charge on any atom is 0 e. The number of nitrogens with zero attached hydrogens (tertiary/aromatic N) is 1. The van der Waals surface area contributed by atoms with Crippen LogP contribution in [-0.2, 0) is 30.3 Å². The van der Waals surface area contributed by atoms with E-state index in [0.717, 1.165) is 24.1 Å². The van der Waals surface area contributed by atoms with Crippen molar-refractivity contribution in [3.8, 4) is 11.3 Å². The van der Waals surface area contributed by atoms with Crippen molar-refractivity contribution in [1.29, 1.82) is 0 Å². The quantitative estimate of drug-likeness (QED) is 0.125. The largest absolute Gasteiger partial charge is 0 e. The van der Waals surface area contributed by atoms with E-state index in [0.29, 0.717) is 14.5 Å². The van der Waals surface area contributed by atoms with Crippen molar-refractivity contribution in [1.82, 2.24) is 4.98 Å². The molecule has 0 saturated carbocycles. The fraction of sp³-hybridized carbons (Fsp3) is 0.484. The summed E-state index contributed by atoms with van der Waals surface area (Å²) in [5.74, 6) is 0.104. The van der Waals surface area contributed by atoms with E-state index in [9.17, 15) is 9.90 Å². The van der Waals surface area contributed by atoms with Crippen molar-refractivity contribution in [3.05, 3.63) is 64.3 Å². The van der Waals surface area contributed by atoms with E-state index in [2.05, 4.69) is 69.0 Å². The molecule has 3 rings (SSSR count). The van der Waals surface area contributed by atoms with E-state index in [4.69, 9.17) is 4.98 Å². The molecule has 3 aromatic rings. The Balaban J connectivity index is 0.000000402. The summed E-state index contributed by atoms with van der Waals surface area (Å²) in [5.41, 5.74) is 4.27.